The van der Waals surface area contributed by atoms with E-state index in [0.29, 0.717) is 5.69 Å². The van der Waals surface area contributed by atoms with E-state index in [1.807, 2.05) is 18.2 Å². The van der Waals surface area contributed by atoms with Gasteiger partial charge in [0.05, 0.1) is 6.10 Å². The third-order valence-electron chi connectivity index (χ3n) is 2.59. The number of amides is 1. The number of rotatable bonds is 4. The Balaban J connectivity index is 2.08. The van der Waals surface area contributed by atoms with Crippen LogP contribution in [-0.4, -0.2) is 22.1 Å². The van der Waals surface area contributed by atoms with Gasteiger partial charge in [0.1, 0.15) is 12.3 Å². The number of nitrogens with one attached hydrogen (secondary N) is 1. The van der Waals surface area contributed by atoms with Gasteiger partial charge in [0, 0.05) is 5.69 Å². The third kappa shape index (κ3) is 3.18. The van der Waals surface area contributed by atoms with E-state index >= 15 is 0 Å². The van der Waals surface area contributed by atoms with Crippen molar-refractivity contribution in [2.24, 2.45) is 5.73 Å². The van der Waals surface area contributed by atoms with E-state index in [2.05, 4.69) is 10.3 Å². The molecule has 2 aromatic rings. The summed E-state index contributed by atoms with van der Waals surface area (Å²) in [6, 6.07) is 8.26. The zero-order valence-electron chi connectivity index (χ0n) is 10.4. The molecule has 0 saturated heterocycles. The number of nitrogens with two attached hydrogens (primary N) is 1. The summed E-state index contributed by atoms with van der Waals surface area (Å²) in [4.78, 5) is 15.8. The van der Waals surface area contributed by atoms with E-state index in [1.165, 1.54) is 13.2 Å². The molecule has 0 aliphatic heterocycles. The molecule has 0 aliphatic rings. The van der Waals surface area contributed by atoms with Crippen molar-refractivity contribution in [1.29, 1.82) is 0 Å². The lowest BCUT2D eigenvalue weighted by Gasteiger charge is -2.09. The molecule has 6 heteroatoms. The standard InChI is InChI=1S/C13H15N3O3/c1-8(17)11(14)13-16-10(7-19-13)12(18)15-9-5-3-2-4-6-9/h2-8,11,17H,14H2,1H3,(H,15,18). The first-order chi connectivity index (χ1) is 9.08. The van der Waals surface area contributed by atoms with Crippen LogP contribution in [0.4, 0.5) is 5.69 Å². The van der Waals surface area contributed by atoms with E-state index < -0.39 is 12.1 Å². The van der Waals surface area contributed by atoms with Gasteiger partial charge in [-0.2, -0.15) is 0 Å². The lowest BCUT2D eigenvalue weighted by molar-refractivity contribution is 0.102. The van der Waals surface area contributed by atoms with Gasteiger partial charge in [0.15, 0.2) is 5.69 Å². The predicted octanol–water partition coefficient (Wildman–Crippen LogP) is 1.31. The molecule has 1 aromatic carbocycles. The average molecular weight is 261 g/mol. The summed E-state index contributed by atoms with van der Waals surface area (Å²) in [6.07, 6.45) is 0.416. The normalized spacial score (nSPS) is 13.8. The molecule has 2 rings (SSSR count). The monoisotopic (exact) mass is 261 g/mol. The first-order valence-electron chi connectivity index (χ1n) is 5.83. The van der Waals surface area contributed by atoms with Crippen LogP contribution in [-0.2, 0) is 0 Å². The largest absolute Gasteiger partial charge is 0.446 e. The molecule has 0 bridgehead atoms. The Hall–Kier alpha value is -2.18. The van der Waals surface area contributed by atoms with Crippen LogP contribution < -0.4 is 11.1 Å². The molecule has 4 N–H and O–H groups in total. The molecule has 0 aliphatic carbocycles. The van der Waals surface area contributed by atoms with Crippen LogP contribution in [0.5, 0.6) is 0 Å². The van der Waals surface area contributed by atoms with Gasteiger partial charge in [-0.25, -0.2) is 4.98 Å². The van der Waals surface area contributed by atoms with Gasteiger partial charge in [-0.05, 0) is 19.1 Å². The number of nitrogens with zero attached hydrogens (tertiary/aromatic N) is 1. The first kappa shape index (κ1) is 13.3. The predicted molar refractivity (Wildman–Crippen MR) is 69.5 cm³/mol. The molecule has 19 heavy (non-hydrogen) atoms. The molecule has 0 spiro atoms. The molecule has 2 unspecified atom stereocenters. The minimum absolute atomic E-state index is 0.120. The number of benzene rings is 1. The zero-order valence-corrected chi connectivity index (χ0v) is 10.4. The van der Waals surface area contributed by atoms with Crippen molar-refractivity contribution in [3.63, 3.8) is 0 Å². The Bertz CT molecular complexity index is 551. The highest BCUT2D eigenvalue weighted by molar-refractivity contribution is 6.02. The van der Waals surface area contributed by atoms with E-state index in [9.17, 15) is 9.90 Å². The maximum Gasteiger partial charge on any atom is 0.277 e. The van der Waals surface area contributed by atoms with Crippen molar-refractivity contribution < 1.29 is 14.3 Å². The second-order valence-electron chi connectivity index (χ2n) is 4.16. The van der Waals surface area contributed by atoms with Crippen LogP contribution in [0.15, 0.2) is 41.0 Å². The Labute approximate surface area is 110 Å². The van der Waals surface area contributed by atoms with Gasteiger partial charge in [0.25, 0.3) is 5.91 Å². The average Bonchev–Trinajstić information content (AvgIpc) is 2.88. The summed E-state index contributed by atoms with van der Waals surface area (Å²) in [6.45, 7) is 1.53. The van der Waals surface area contributed by atoms with Crippen molar-refractivity contribution in [1.82, 2.24) is 4.98 Å². The number of aliphatic hydroxyl groups excluding tert-OH is 1. The quantitative estimate of drug-likeness (QED) is 0.770. The number of carbonyl (C=O) groups excluding carboxylic acids is 1. The fraction of sp³-hybridized carbons (Fsp3) is 0.231. The van der Waals surface area contributed by atoms with Crippen LogP contribution in [0.2, 0.25) is 0 Å². The van der Waals surface area contributed by atoms with E-state index in [0.717, 1.165) is 0 Å². The molecule has 100 valence electrons. The summed E-state index contributed by atoms with van der Waals surface area (Å²) in [7, 11) is 0. The van der Waals surface area contributed by atoms with Crippen molar-refractivity contribution in [3.05, 3.63) is 48.2 Å². The Morgan fingerprint density at radius 2 is 2.11 bits per heavy atom. The fourth-order valence-electron chi connectivity index (χ4n) is 1.47. The number of anilines is 1. The SMILES string of the molecule is CC(O)C(N)c1nc(C(=O)Nc2ccccc2)co1. The number of aromatic nitrogens is 1. The van der Waals surface area contributed by atoms with Gasteiger partial charge in [-0.1, -0.05) is 18.2 Å². The van der Waals surface area contributed by atoms with Gasteiger partial charge < -0.3 is 20.6 Å². The van der Waals surface area contributed by atoms with Gasteiger partial charge in [0.2, 0.25) is 5.89 Å². The molecule has 1 aromatic heterocycles. The summed E-state index contributed by atoms with van der Waals surface area (Å²) in [5, 5.41) is 12.0. The third-order valence-corrected chi connectivity index (χ3v) is 2.59. The summed E-state index contributed by atoms with van der Waals surface area (Å²) >= 11 is 0. The number of oxazole rings is 1. The highest BCUT2D eigenvalue weighted by Gasteiger charge is 2.20. The molecular weight excluding hydrogens is 246 g/mol. The highest BCUT2D eigenvalue weighted by atomic mass is 16.3. The highest BCUT2D eigenvalue weighted by Crippen LogP contribution is 2.15. The maximum atomic E-state index is 11.9. The molecule has 1 amide bonds. The topological polar surface area (TPSA) is 101 Å². The summed E-state index contributed by atoms with van der Waals surface area (Å²) in [5.41, 5.74) is 6.45. The Morgan fingerprint density at radius 3 is 2.74 bits per heavy atom. The van der Waals surface area contributed by atoms with Crippen LogP contribution in [0.25, 0.3) is 0 Å². The zero-order chi connectivity index (χ0) is 13.8. The van der Waals surface area contributed by atoms with Gasteiger partial charge in [-0.3, -0.25) is 4.79 Å². The lowest BCUT2D eigenvalue weighted by atomic mass is 10.2. The van der Waals surface area contributed by atoms with Crippen molar-refractivity contribution in [2.75, 3.05) is 5.32 Å². The minimum atomic E-state index is -0.802. The van der Waals surface area contributed by atoms with Crippen LogP contribution in [0.3, 0.4) is 0 Å². The number of aliphatic hydroxyl groups is 1. The number of hydrogen-bond acceptors (Lipinski definition) is 5. The number of para-hydroxylation sites is 1. The van der Waals surface area contributed by atoms with Crippen molar-refractivity contribution in [3.8, 4) is 0 Å². The molecule has 6 nitrogen and oxygen atoms in total. The second-order valence-corrected chi connectivity index (χ2v) is 4.16. The van der Waals surface area contributed by atoms with Gasteiger partial charge in [-0.15, -0.1) is 0 Å². The molecule has 1 heterocycles. The molecule has 0 saturated carbocycles. The fourth-order valence-corrected chi connectivity index (χ4v) is 1.47. The Morgan fingerprint density at radius 1 is 1.42 bits per heavy atom. The van der Waals surface area contributed by atoms with Crippen molar-refractivity contribution >= 4 is 11.6 Å². The molecule has 2 atom stereocenters. The maximum absolute atomic E-state index is 11.9. The van der Waals surface area contributed by atoms with E-state index in [1.54, 1.807) is 12.1 Å². The number of hydrogen-bond donors (Lipinski definition) is 3. The molecule has 0 fully saturated rings. The van der Waals surface area contributed by atoms with E-state index in [-0.39, 0.29) is 17.5 Å². The first-order valence-corrected chi connectivity index (χ1v) is 5.83. The molecular formula is C13H15N3O3. The van der Waals surface area contributed by atoms with Crippen LogP contribution in [0.1, 0.15) is 29.3 Å². The second kappa shape index (κ2) is 5.64. The summed E-state index contributed by atoms with van der Waals surface area (Å²) < 4.78 is 5.09. The Kier molecular flexibility index (Phi) is 3.94. The smallest absolute Gasteiger partial charge is 0.277 e. The van der Waals surface area contributed by atoms with E-state index in [4.69, 9.17) is 10.2 Å². The minimum Gasteiger partial charge on any atom is -0.446 e. The molecule has 0 radical (unpaired) electrons. The number of carbonyl (C=O) groups is 1. The van der Waals surface area contributed by atoms with Crippen LogP contribution >= 0.6 is 0 Å². The van der Waals surface area contributed by atoms with Crippen LogP contribution in [0, 0.1) is 0 Å². The van der Waals surface area contributed by atoms with Crippen molar-refractivity contribution in [2.45, 2.75) is 19.1 Å². The summed E-state index contributed by atoms with van der Waals surface area (Å²) in [5.74, 6) is -0.257. The van der Waals surface area contributed by atoms with Gasteiger partial charge >= 0.3 is 0 Å². The lowest BCUT2D eigenvalue weighted by Crippen LogP contribution is -2.23.